The molecule has 0 radical (unpaired) electrons. The molecular formula is C17H23N3O4S. The third-order valence-electron chi connectivity index (χ3n) is 3.72. The maximum Gasteiger partial charge on any atom is 0.232 e. The van der Waals surface area contributed by atoms with Crippen molar-refractivity contribution >= 4 is 27.4 Å². The first-order valence-corrected chi connectivity index (χ1v) is 9.71. The highest BCUT2D eigenvalue weighted by molar-refractivity contribution is 7.92. The number of sulfonamides is 1. The lowest BCUT2D eigenvalue weighted by Gasteiger charge is -2.26. The first kappa shape index (κ1) is 19.0. The van der Waals surface area contributed by atoms with Crippen LogP contribution in [-0.4, -0.2) is 32.3 Å². The summed E-state index contributed by atoms with van der Waals surface area (Å²) in [4.78, 5) is 12.1. The molecule has 0 bridgehead atoms. The van der Waals surface area contributed by atoms with E-state index < -0.39 is 10.0 Å². The Labute approximate surface area is 148 Å². The largest absolute Gasteiger partial charge is 0.360 e. The first-order chi connectivity index (χ1) is 11.6. The number of hydrogen-bond donors (Lipinski definition) is 1. The lowest BCUT2D eigenvalue weighted by Crippen LogP contribution is -2.34. The van der Waals surface area contributed by atoms with Crippen LogP contribution in [0.4, 0.5) is 11.5 Å². The molecule has 0 unspecified atom stereocenters. The molecule has 0 saturated carbocycles. The van der Waals surface area contributed by atoms with Crippen LogP contribution in [0.2, 0.25) is 0 Å². The predicted octanol–water partition coefficient (Wildman–Crippen LogP) is 2.70. The molecule has 7 nitrogen and oxygen atoms in total. The maximum atomic E-state index is 12.3. The SMILES string of the molecule is Cc1cc(C)c(N(CCC(=O)Nc2cc(C)on2)S(C)(=O)=O)c(C)c1. The van der Waals surface area contributed by atoms with E-state index in [1.807, 2.05) is 32.9 Å². The number of amides is 1. The zero-order valence-corrected chi connectivity index (χ0v) is 15.9. The highest BCUT2D eigenvalue weighted by atomic mass is 32.2. The fraction of sp³-hybridized carbons (Fsp3) is 0.412. The van der Waals surface area contributed by atoms with E-state index in [0.29, 0.717) is 17.3 Å². The Morgan fingerprint density at radius 3 is 2.24 bits per heavy atom. The van der Waals surface area contributed by atoms with Crippen LogP contribution in [0, 0.1) is 27.7 Å². The van der Waals surface area contributed by atoms with Crippen molar-refractivity contribution < 1.29 is 17.7 Å². The van der Waals surface area contributed by atoms with Gasteiger partial charge in [-0.15, -0.1) is 0 Å². The van der Waals surface area contributed by atoms with Crippen molar-refractivity contribution in [1.82, 2.24) is 5.16 Å². The average molecular weight is 365 g/mol. The Kier molecular flexibility index (Phi) is 5.52. The van der Waals surface area contributed by atoms with Crippen molar-refractivity contribution in [3.8, 4) is 0 Å². The molecule has 1 heterocycles. The van der Waals surface area contributed by atoms with Crippen LogP contribution in [0.25, 0.3) is 0 Å². The smallest absolute Gasteiger partial charge is 0.232 e. The van der Waals surface area contributed by atoms with E-state index in [9.17, 15) is 13.2 Å². The number of benzene rings is 1. The van der Waals surface area contributed by atoms with Gasteiger partial charge in [0.2, 0.25) is 15.9 Å². The van der Waals surface area contributed by atoms with Gasteiger partial charge in [-0.05, 0) is 38.8 Å². The molecule has 136 valence electrons. The zero-order chi connectivity index (χ0) is 18.8. The number of carbonyl (C=O) groups is 1. The van der Waals surface area contributed by atoms with Crippen molar-refractivity contribution in [2.45, 2.75) is 34.1 Å². The Hall–Kier alpha value is -2.35. The van der Waals surface area contributed by atoms with Gasteiger partial charge in [-0.2, -0.15) is 0 Å². The van der Waals surface area contributed by atoms with Gasteiger partial charge in [-0.25, -0.2) is 8.42 Å². The Morgan fingerprint density at radius 2 is 1.76 bits per heavy atom. The topological polar surface area (TPSA) is 92.5 Å². The third kappa shape index (κ3) is 4.82. The van der Waals surface area contributed by atoms with Crippen LogP contribution in [0.15, 0.2) is 22.7 Å². The maximum absolute atomic E-state index is 12.3. The van der Waals surface area contributed by atoms with Crippen LogP contribution >= 0.6 is 0 Å². The number of carbonyl (C=O) groups excluding carboxylic acids is 1. The van der Waals surface area contributed by atoms with E-state index in [0.717, 1.165) is 22.9 Å². The average Bonchev–Trinajstić information content (AvgIpc) is 2.85. The van der Waals surface area contributed by atoms with Crippen LogP contribution in [0.3, 0.4) is 0 Å². The molecule has 1 aromatic heterocycles. The van der Waals surface area contributed by atoms with Crippen molar-refractivity contribution in [3.05, 3.63) is 40.6 Å². The number of rotatable bonds is 6. The van der Waals surface area contributed by atoms with E-state index in [1.54, 1.807) is 13.0 Å². The molecule has 0 fully saturated rings. The minimum absolute atomic E-state index is 0.00569. The summed E-state index contributed by atoms with van der Waals surface area (Å²) in [5, 5.41) is 6.28. The van der Waals surface area contributed by atoms with Crippen LogP contribution in [-0.2, 0) is 14.8 Å². The van der Waals surface area contributed by atoms with Crippen LogP contribution < -0.4 is 9.62 Å². The molecule has 0 aliphatic carbocycles. The van der Waals surface area contributed by atoms with Gasteiger partial charge in [0.25, 0.3) is 0 Å². The number of aromatic nitrogens is 1. The van der Waals surface area contributed by atoms with E-state index >= 15 is 0 Å². The second-order valence-corrected chi connectivity index (χ2v) is 8.11. The lowest BCUT2D eigenvalue weighted by molar-refractivity contribution is -0.116. The van der Waals surface area contributed by atoms with Gasteiger partial charge in [0, 0.05) is 19.0 Å². The minimum atomic E-state index is -3.52. The molecule has 1 N–H and O–H groups in total. The standard InChI is InChI=1S/C17H23N3O4S/c1-11-8-12(2)17(13(3)9-11)20(25(5,22)23)7-6-16(21)18-15-10-14(4)24-19-15/h8-10H,6-7H2,1-5H3,(H,18,19,21). The van der Waals surface area contributed by atoms with Gasteiger partial charge >= 0.3 is 0 Å². The number of nitrogens with one attached hydrogen (secondary N) is 1. The number of hydrogen-bond acceptors (Lipinski definition) is 5. The quantitative estimate of drug-likeness (QED) is 0.850. The van der Waals surface area contributed by atoms with Gasteiger partial charge in [-0.3, -0.25) is 9.10 Å². The molecule has 25 heavy (non-hydrogen) atoms. The monoisotopic (exact) mass is 365 g/mol. The molecule has 0 atom stereocenters. The van der Waals surface area contributed by atoms with Gasteiger partial charge in [0.15, 0.2) is 5.82 Å². The highest BCUT2D eigenvalue weighted by Gasteiger charge is 2.22. The van der Waals surface area contributed by atoms with Crippen molar-refractivity contribution in [2.24, 2.45) is 0 Å². The number of aryl methyl sites for hydroxylation is 4. The molecule has 0 saturated heterocycles. The molecule has 0 spiro atoms. The summed E-state index contributed by atoms with van der Waals surface area (Å²) >= 11 is 0. The normalized spacial score (nSPS) is 11.4. The predicted molar refractivity (Wildman–Crippen MR) is 97.3 cm³/mol. The summed E-state index contributed by atoms with van der Waals surface area (Å²) in [6.45, 7) is 7.46. The van der Waals surface area contributed by atoms with E-state index in [4.69, 9.17) is 4.52 Å². The second-order valence-electron chi connectivity index (χ2n) is 6.20. The van der Waals surface area contributed by atoms with E-state index in [-0.39, 0.29) is 18.9 Å². The van der Waals surface area contributed by atoms with Gasteiger partial charge in [-0.1, -0.05) is 22.9 Å². The Balaban J connectivity index is 2.18. The molecule has 2 rings (SSSR count). The molecular weight excluding hydrogens is 342 g/mol. The van der Waals surface area contributed by atoms with Crippen LogP contribution in [0.1, 0.15) is 28.9 Å². The van der Waals surface area contributed by atoms with E-state index in [1.165, 1.54) is 4.31 Å². The van der Waals surface area contributed by atoms with Gasteiger partial charge in [0.1, 0.15) is 5.76 Å². The molecule has 2 aromatic rings. The summed E-state index contributed by atoms with van der Waals surface area (Å²) in [7, 11) is -3.52. The summed E-state index contributed by atoms with van der Waals surface area (Å²) in [5.41, 5.74) is 3.40. The summed E-state index contributed by atoms with van der Waals surface area (Å²) < 4.78 is 30.7. The van der Waals surface area contributed by atoms with Crippen molar-refractivity contribution in [2.75, 3.05) is 22.4 Å². The van der Waals surface area contributed by atoms with Gasteiger partial charge < -0.3 is 9.84 Å². The lowest BCUT2D eigenvalue weighted by atomic mass is 10.1. The van der Waals surface area contributed by atoms with Gasteiger partial charge in [0.05, 0.1) is 11.9 Å². The van der Waals surface area contributed by atoms with Crippen LogP contribution in [0.5, 0.6) is 0 Å². The second kappa shape index (κ2) is 7.26. The molecule has 1 aromatic carbocycles. The Morgan fingerprint density at radius 1 is 1.16 bits per heavy atom. The fourth-order valence-electron chi connectivity index (χ4n) is 2.84. The molecule has 0 aliphatic heterocycles. The number of nitrogens with zero attached hydrogens (tertiary/aromatic N) is 2. The first-order valence-electron chi connectivity index (χ1n) is 7.86. The van der Waals surface area contributed by atoms with E-state index in [2.05, 4.69) is 10.5 Å². The molecule has 1 amide bonds. The third-order valence-corrected chi connectivity index (χ3v) is 4.89. The highest BCUT2D eigenvalue weighted by Crippen LogP contribution is 2.28. The fourth-order valence-corrected chi connectivity index (χ4v) is 3.89. The zero-order valence-electron chi connectivity index (χ0n) is 15.1. The summed E-state index contributed by atoms with van der Waals surface area (Å²) in [6, 6.07) is 5.46. The minimum Gasteiger partial charge on any atom is -0.360 e. The summed E-state index contributed by atoms with van der Waals surface area (Å²) in [5.74, 6) is 0.569. The number of anilines is 2. The molecule has 0 aliphatic rings. The van der Waals surface area contributed by atoms with Crippen molar-refractivity contribution in [1.29, 1.82) is 0 Å². The molecule has 8 heteroatoms. The summed E-state index contributed by atoms with van der Waals surface area (Å²) in [6.07, 6.45) is 1.15. The van der Waals surface area contributed by atoms with Crippen molar-refractivity contribution in [3.63, 3.8) is 0 Å². The Bertz CT molecular complexity index is 864.